The van der Waals surface area contributed by atoms with Crippen LogP contribution < -0.4 is 10.1 Å². The fraction of sp³-hybridized carbons (Fsp3) is 0.300. The largest absolute Gasteiger partial charge is 0.484 e. The van der Waals surface area contributed by atoms with Gasteiger partial charge in [-0.15, -0.1) is 0 Å². The molecule has 1 aliphatic rings. The summed E-state index contributed by atoms with van der Waals surface area (Å²) in [6.45, 7) is 1.10. The van der Waals surface area contributed by atoms with Crippen molar-refractivity contribution in [3.05, 3.63) is 64.1 Å². The molecule has 1 heterocycles. The number of amides is 2. The first kappa shape index (κ1) is 19.5. The van der Waals surface area contributed by atoms with Crippen LogP contribution in [-0.4, -0.2) is 42.5 Å². The number of hydrogen-bond donors (Lipinski definition) is 1. The van der Waals surface area contributed by atoms with Crippen molar-refractivity contribution in [3.63, 3.8) is 0 Å². The van der Waals surface area contributed by atoms with E-state index in [9.17, 15) is 9.59 Å². The van der Waals surface area contributed by atoms with Crippen LogP contribution in [-0.2, 0) is 4.79 Å². The molecule has 0 aromatic heterocycles. The van der Waals surface area contributed by atoms with Gasteiger partial charge in [-0.05, 0) is 49.2 Å². The molecule has 0 radical (unpaired) electrons. The Morgan fingerprint density at radius 2 is 1.70 bits per heavy atom. The molecule has 2 amide bonds. The molecule has 1 N–H and O–H groups in total. The summed E-state index contributed by atoms with van der Waals surface area (Å²) in [4.78, 5) is 26.4. The molecular weight excluding hydrogens is 387 g/mol. The highest BCUT2D eigenvalue weighted by atomic mass is 35.5. The van der Waals surface area contributed by atoms with Crippen molar-refractivity contribution >= 4 is 35.0 Å². The van der Waals surface area contributed by atoms with Gasteiger partial charge in [-0.1, -0.05) is 35.3 Å². The summed E-state index contributed by atoms with van der Waals surface area (Å²) in [5.41, 5.74) is 0.512. The highest BCUT2D eigenvalue weighted by molar-refractivity contribution is 6.33. The topological polar surface area (TPSA) is 58.6 Å². The summed E-state index contributed by atoms with van der Waals surface area (Å²) in [5, 5.41) is 4.03. The lowest BCUT2D eigenvalue weighted by Gasteiger charge is -2.32. The number of carbonyl (C=O) groups is 2. The maximum atomic E-state index is 12.6. The van der Waals surface area contributed by atoms with E-state index in [2.05, 4.69) is 5.32 Å². The maximum Gasteiger partial charge on any atom is 0.258 e. The number of likely N-dealkylation sites (tertiary alicyclic amines) is 1. The summed E-state index contributed by atoms with van der Waals surface area (Å²) in [5.74, 6) is 0.340. The number of ether oxygens (including phenoxy) is 1. The van der Waals surface area contributed by atoms with Gasteiger partial charge in [0, 0.05) is 24.2 Å². The van der Waals surface area contributed by atoms with E-state index in [1.54, 1.807) is 53.4 Å². The molecule has 142 valence electrons. The third-order valence-electron chi connectivity index (χ3n) is 4.44. The van der Waals surface area contributed by atoms with Gasteiger partial charge < -0.3 is 15.0 Å². The zero-order valence-electron chi connectivity index (χ0n) is 14.7. The number of rotatable bonds is 5. The van der Waals surface area contributed by atoms with Gasteiger partial charge in [-0.2, -0.15) is 0 Å². The molecule has 5 nitrogen and oxygen atoms in total. The monoisotopic (exact) mass is 406 g/mol. The molecule has 1 aliphatic heterocycles. The number of piperidine rings is 1. The number of carbonyl (C=O) groups excluding carboxylic acids is 2. The van der Waals surface area contributed by atoms with Crippen LogP contribution in [0.3, 0.4) is 0 Å². The van der Waals surface area contributed by atoms with Crippen molar-refractivity contribution in [2.75, 3.05) is 19.7 Å². The molecule has 0 saturated carbocycles. The van der Waals surface area contributed by atoms with Crippen LogP contribution in [0.4, 0.5) is 0 Å². The minimum atomic E-state index is -0.180. The standard InChI is InChI=1S/C20H20Cl2N2O3/c21-14-5-7-16(8-6-14)27-13-19(25)23-15-9-11-24(12-10-15)20(26)17-3-1-2-4-18(17)22/h1-8,15H,9-13H2,(H,23,25). The van der Waals surface area contributed by atoms with Gasteiger partial charge in [0.1, 0.15) is 5.75 Å². The summed E-state index contributed by atoms with van der Waals surface area (Å²) in [6, 6.07) is 13.9. The molecule has 0 aliphatic carbocycles. The SMILES string of the molecule is O=C(COc1ccc(Cl)cc1)NC1CCN(C(=O)c2ccccc2Cl)CC1. The minimum absolute atomic E-state index is 0.0293. The molecule has 2 aromatic rings. The molecule has 0 bridgehead atoms. The van der Waals surface area contributed by atoms with Crippen LogP contribution in [0.2, 0.25) is 10.0 Å². The average Bonchev–Trinajstić information content (AvgIpc) is 2.68. The predicted octanol–water partition coefficient (Wildman–Crippen LogP) is 3.79. The molecule has 2 aromatic carbocycles. The van der Waals surface area contributed by atoms with Gasteiger partial charge >= 0.3 is 0 Å². The Bertz CT molecular complexity index is 803. The van der Waals surface area contributed by atoms with E-state index in [0.29, 0.717) is 47.3 Å². The van der Waals surface area contributed by atoms with E-state index < -0.39 is 0 Å². The van der Waals surface area contributed by atoms with Crippen LogP contribution in [0.25, 0.3) is 0 Å². The second kappa shape index (κ2) is 9.11. The van der Waals surface area contributed by atoms with Gasteiger partial charge in [0.2, 0.25) is 0 Å². The fourth-order valence-electron chi connectivity index (χ4n) is 2.98. The average molecular weight is 407 g/mol. The molecule has 1 fully saturated rings. The van der Waals surface area contributed by atoms with Gasteiger partial charge in [0.15, 0.2) is 6.61 Å². The normalized spacial score (nSPS) is 14.7. The quantitative estimate of drug-likeness (QED) is 0.821. The number of hydrogen-bond acceptors (Lipinski definition) is 3. The van der Waals surface area contributed by atoms with Crippen LogP contribution in [0.1, 0.15) is 23.2 Å². The summed E-state index contributed by atoms with van der Waals surface area (Å²) < 4.78 is 5.44. The predicted molar refractivity (Wildman–Crippen MR) is 105 cm³/mol. The summed E-state index contributed by atoms with van der Waals surface area (Å²) in [6.07, 6.45) is 1.39. The number of halogens is 2. The van der Waals surface area contributed by atoms with E-state index in [-0.39, 0.29) is 24.5 Å². The van der Waals surface area contributed by atoms with Gasteiger partial charge in [-0.25, -0.2) is 0 Å². The number of benzene rings is 2. The Morgan fingerprint density at radius 1 is 1.04 bits per heavy atom. The summed E-state index contributed by atoms with van der Waals surface area (Å²) in [7, 11) is 0. The maximum absolute atomic E-state index is 12.6. The zero-order chi connectivity index (χ0) is 19.2. The Hall–Kier alpha value is -2.24. The van der Waals surface area contributed by atoms with Crippen LogP contribution in [0, 0.1) is 0 Å². The fourth-order valence-corrected chi connectivity index (χ4v) is 3.32. The smallest absolute Gasteiger partial charge is 0.258 e. The number of nitrogens with one attached hydrogen (secondary N) is 1. The van der Waals surface area contributed by atoms with Crippen molar-refractivity contribution in [2.24, 2.45) is 0 Å². The van der Waals surface area contributed by atoms with Gasteiger partial charge in [0.05, 0.1) is 10.6 Å². The van der Waals surface area contributed by atoms with Crippen molar-refractivity contribution in [1.29, 1.82) is 0 Å². The molecule has 0 unspecified atom stereocenters. The first-order valence-electron chi connectivity index (χ1n) is 8.74. The van der Waals surface area contributed by atoms with E-state index in [1.807, 2.05) is 0 Å². The third-order valence-corrected chi connectivity index (χ3v) is 5.02. The van der Waals surface area contributed by atoms with Crippen LogP contribution >= 0.6 is 23.2 Å². The first-order valence-corrected chi connectivity index (χ1v) is 9.50. The molecule has 3 rings (SSSR count). The third kappa shape index (κ3) is 5.37. The highest BCUT2D eigenvalue weighted by Gasteiger charge is 2.25. The number of nitrogens with zero attached hydrogens (tertiary/aromatic N) is 1. The summed E-state index contributed by atoms with van der Waals surface area (Å²) >= 11 is 11.9. The Kier molecular flexibility index (Phi) is 6.58. The minimum Gasteiger partial charge on any atom is -0.484 e. The van der Waals surface area contributed by atoms with E-state index in [4.69, 9.17) is 27.9 Å². The van der Waals surface area contributed by atoms with E-state index in [1.165, 1.54) is 0 Å². The Balaban J connectivity index is 1.43. The molecule has 27 heavy (non-hydrogen) atoms. The van der Waals surface area contributed by atoms with Crippen LogP contribution in [0.5, 0.6) is 5.75 Å². The van der Waals surface area contributed by atoms with Crippen molar-refractivity contribution in [1.82, 2.24) is 10.2 Å². The second-order valence-electron chi connectivity index (χ2n) is 6.36. The lowest BCUT2D eigenvalue weighted by Crippen LogP contribution is -2.47. The molecular formula is C20H20Cl2N2O3. The molecule has 7 heteroatoms. The van der Waals surface area contributed by atoms with Crippen molar-refractivity contribution in [2.45, 2.75) is 18.9 Å². The Labute approximate surface area is 168 Å². The lowest BCUT2D eigenvalue weighted by molar-refractivity contribution is -0.124. The van der Waals surface area contributed by atoms with E-state index in [0.717, 1.165) is 0 Å². The molecule has 1 saturated heterocycles. The van der Waals surface area contributed by atoms with Crippen LogP contribution in [0.15, 0.2) is 48.5 Å². The molecule has 0 spiro atoms. The lowest BCUT2D eigenvalue weighted by atomic mass is 10.0. The van der Waals surface area contributed by atoms with Crippen molar-refractivity contribution < 1.29 is 14.3 Å². The van der Waals surface area contributed by atoms with Gasteiger partial charge in [-0.3, -0.25) is 9.59 Å². The second-order valence-corrected chi connectivity index (χ2v) is 7.20. The van der Waals surface area contributed by atoms with E-state index >= 15 is 0 Å². The molecule has 0 atom stereocenters. The van der Waals surface area contributed by atoms with Crippen molar-refractivity contribution in [3.8, 4) is 5.75 Å². The highest BCUT2D eigenvalue weighted by Crippen LogP contribution is 2.20. The first-order chi connectivity index (χ1) is 13.0. The van der Waals surface area contributed by atoms with Gasteiger partial charge in [0.25, 0.3) is 11.8 Å². The Morgan fingerprint density at radius 3 is 2.37 bits per heavy atom. The zero-order valence-corrected chi connectivity index (χ0v) is 16.2.